The van der Waals surface area contributed by atoms with Gasteiger partial charge in [0.1, 0.15) is 19.3 Å². The van der Waals surface area contributed by atoms with Gasteiger partial charge in [0.2, 0.25) is 0 Å². The summed E-state index contributed by atoms with van der Waals surface area (Å²) >= 11 is 0. The molecule has 0 amide bonds. The highest BCUT2D eigenvalue weighted by molar-refractivity contribution is 7.47. The molecule has 17 nitrogen and oxygen atoms in total. The van der Waals surface area contributed by atoms with Crippen molar-refractivity contribution >= 4 is 39.5 Å². The van der Waals surface area contributed by atoms with Gasteiger partial charge < -0.3 is 33.8 Å². The lowest BCUT2D eigenvalue weighted by Gasteiger charge is -2.21. The number of hydrogen-bond acceptors (Lipinski definition) is 15. The summed E-state index contributed by atoms with van der Waals surface area (Å²) in [6.07, 6.45) is 73.6. The predicted molar refractivity (Wildman–Crippen MR) is 437 cm³/mol. The summed E-state index contributed by atoms with van der Waals surface area (Å²) in [5, 5.41) is 10.7. The van der Waals surface area contributed by atoms with Gasteiger partial charge in [-0.2, -0.15) is 0 Å². The number of carbonyl (C=O) groups excluding carboxylic acids is 4. The highest BCUT2D eigenvalue weighted by Crippen LogP contribution is 2.45. The Morgan fingerprint density at radius 2 is 0.434 bits per heavy atom. The van der Waals surface area contributed by atoms with Crippen molar-refractivity contribution in [1.29, 1.82) is 0 Å². The Hall–Kier alpha value is -1.94. The van der Waals surface area contributed by atoms with E-state index in [-0.39, 0.29) is 25.7 Å². The number of phosphoric ester groups is 2. The number of phosphoric acid groups is 2. The molecule has 19 heteroatoms. The minimum Gasteiger partial charge on any atom is -0.462 e. The van der Waals surface area contributed by atoms with Crippen LogP contribution in [0.2, 0.25) is 0 Å². The van der Waals surface area contributed by atoms with E-state index in [1.54, 1.807) is 0 Å². The van der Waals surface area contributed by atoms with Gasteiger partial charge in [0.25, 0.3) is 0 Å². The van der Waals surface area contributed by atoms with Crippen LogP contribution >= 0.6 is 15.6 Å². The zero-order valence-electron chi connectivity index (χ0n) is 69.6. The molecule has 3 N–H and O–H groups in total. The van der Waals surface area contributed by atoms with Crippen LogP contribution in [-0.2, 0) is 65.4 Å². The number of aliphatic hydroxyl groups excluding tert-OH is 1. The minimum atomic E-state index is -4.97. The number of hydrogen-bond donors (Lipinski definition) is 3. The topological polar surface area (TPSA) is 237 Å². The van der Waals surface area contributed by atoms with Crippen molar-refractivity contribution in [1.82, 2.24) is 0 Å². The standard InChI is InChI=1S/C87H170O17P2/c1-6-9-12-15-18-21-24-26-28-30-32-33-35-39-44-48-53-58-63-68-73-87(92)104-83(77-98-85(90)71-66-61-56-51-46-42-40-36-37-41-45-49-54-59-64-69-80(4)5)79-102-106(95,96)100-75-81(88)74-99-105(93,94)101-78-82(76-97-84(89)70-65-60-55-50-23-20-17-14-11-8-3)103-86(91)72-67-62-57-52-47-43-38-34-31-29-27-25-22-19-16-13-10-7-2/h80-83,88H,6-79H2,1-5H3,(H,93,94)(H,95,96)/t81-,82+,83+/m0/s1. The van der Waals surface area contributed by atoms with Crippen molar-refractivity contribution in [3.8, 4) is 0 Å². The van der Waals surface area contributed by atoms with Gasteiger partial charge in [0, 0.05) is 25.7 Å². The van der Waals surface area contributed by atoms with Gasteiger partial charge in [0.05, 0.1) is 26.4 Å². The summed E-state index contributed by atoms with van der Waals surface area (Å²) in [7, 11) is -9.93. The molecule has 0 saturated carbocycles. The maximum atomic E-state index is 13.2. The highest BCUT2D eigenvalue weighted by Gasteiger charge is 2.30. The van der Waals surface area contributed by atoms with Crippen molar-refractivity contribution in [3.63, 3.8) is 0 Å². The fourth-order valence-corrected chi connectivity index (χ4v) is 15.2. The molecule has 0 aromatic rings. The Balaban J connectivity index is 5.22. The largest absolute Gasteiger partial charge is 0.472 e. The number of carbonyl (C=O) groups is 4. The van der Waals surface area contributed by atoms with Gasteiger partial charge in [-0.25, -0.2) is 9.13 Å². The molecule has 0 aromatic carbocycles. The van der Waals surface area contributed by atoms with E-state index in [2.05, 4.69) is 34.6 Å². The molecule has 0 aromatic heterocycles. The third-order valence-electron chi connectivity index (χ3n) is 20.5. The van der Waals surface area contributed by atoms with Crippen molar-refractivity contribution in [2.24, 2.45) is 5.92 Å². The molecule has 0 bridgehead atoms. The molecule has 0 saturated heterocycles. The fraction of sp³-hybridized carbons (Fsp3) is 0.954. The molecule has 0 aliphatic carbocycles. The van der Waals surface area contributed by atoms with Crippen molar-refractivity contribution < 1.29 is 80.2 Å². The summed E-state index contributed by atoms with van der Waals surface area (Å²) in [6, 6.07) is 0. The predicted octanol–water partition coefficient (Wildman–Crippen LogP) is 26.8. The van der Waals surface area contributed by atoms with Crippen LogP contribution in [0.1, 0.15) is 471 Å². The number of aliphatic hydroxyl groups is 1. The average Bonchev–Trinajstić information content (AvgIpc) is 0.908. The van der Waals surface area contributed by atoms with E-state index >= 15 is 0 Å². The van der Waals surface area contributed by atoms with Crippen molar-refractivity contribution in [2.45, 2.75) is 490 Å². The van der Waals surface area contributed by atoms with Crippen LogP contribution in [0.15, 0.2) is 0 Å². The molecule has 106 heavy (non-hydrogen) atoms. The maximum Gasteiger partial charge on any atom is 0.472 e. The quantitative estimate of drug-likeness (QED) is 0.0222. The molecule has 0 spiro atoms. The SMILES string of the molecule is CCCCCCCCCCCCCCCCCCCCCCC(=O)O[C@H](COC(=O)CCCCCCCCCCCCCCCCCC(C)C)COP(=O)(O)OC[C@@H](O)COP(=O)(O)OC[C@@H](COC(=O)CCCCCCCCCCCC)OC(=O)CCCCCCCCCCCCCCCCCCCC. The second kappa shape index (κ2) is 79.7. The van der Waals surface area contributed by atoms with Crippen LogP contribution in [-0.4, -0.2) is 96.7 Å². The van der Waals surface area contributed by atoms with E-state index in [4.69, 9.17) is 37.0 Å². The van der Waals surface area contributed by atoms with Crippen LogP contribution in [0.25, 0.3) is 0 Å². The monoisotopic (exact) mass is 1550 g/mol. The Morgan fingerprint density at radius 1 is 0.255 bits per heavy atom. The van der Waals surface area contributed by atoms with E-state index < -0.39 is 97.5 Å². The van der Waals surface area contributed by atoms with Gasteiger partial charge in [-0.1, -0.05) is 420 Å². The Kier molecular flexibility index (Phi) is 78.2. The zero-order chi connectivity index (χ0) is 77.6. The molecule has 0 fully saturated rings. The van der Waals surface area contributed by atoms with Gasteiger partial charge in [-0.15, -0.1) is 0 Å². The van der Waals surface area contributed by atoms with Gasteiger partial charge in [-0.3, -0.25) is 37.3 Å². The summed E-state index contributed by atoms with van der Waals surface area (Å²) in [4.78, 5) is 73.2. The summed E-state index contributed by atoms with van der Waals surface area (Å²) in [5.41, 5.74) is 0. The van der Waals surface area contributed by atoms with Gasteiger partial charge in [-0.05, 0) is 31.6 Å². The van der Waals surface area contributed by atoms with Crippen molar-refractivity contribution in [3.05, 3.63) is 0 Å². The molecule has 0 rings (SSSR count). The maximum absolute atomic E-state index is 13.2. The van der Waals surface area contributed by atoms with E-state index in [0.717, 1.165) is 95.8 Å². The third kappa shape index (κ3) is 80.1. The number of esters is 4. The number of rotatable bonds is 87. The number of ether oxygens (including phenoxy) is 4. The van der Waals surface area contributed by atoms with Crippen LogP contribution < -0.4 is 0 Å². The number of unbranched alkanes of at least 4 members (excludes halogenated alkanes) is 59. The lowest BCUT2D eigenvalue weighted by atomic mass is 10.0. The van der Waals surface area contributed by atoms with Gasteiger partial charge in [0.15, 0.2) is 12.2 Å². The molecular weight excluding hydrogens is 1380 g/mol. The highest BCUT2D eigenvalue weighted by atomic mass is 31.2. The van der Waals surface area contributed by atoms with E-state index in [0.29, 0.717) is 25.7 Å². The molecule has 0 aliphatic rings. The normalized spacial score (nSPS) is 13.7. The molecule has 0 heterocycles. The second-order valence-electron chi connectivity index (χ2n) is 31.8. The first kappa shape index (κ1) is 104. The van der Waals surface area contributed by atoms with Gasteiger partial charge >= 0.3 is 39.5 Å². The molecule has 5 atom stereocenters. The Labute approximate surface area is 651 Å². The summed E-state index contributed by atoms with van der Waals surface area (Å²) in [6.45, 7) is 7.39. The molecule has 630 valence electrons. The molecular formula is C87H170O17P2. The smallest absolute Gasteiger partial charge is 0.462 e. The first-order valence-electron chi connectivity index (χ1n) is 45.1. The van der Waals surface area contributed by atoms with Crippen LogP contribution in [0.5, 0.6) is 0 Å². The average molecular weight is 1550 g/mol. The van der Waals surface area contributed by atoms with Crippen LogP contribution in [0.3, 0.4) is 0 Å². The molecule has 0 aliphatic heterocycles. The van der Waals surface area contributed by atoms with Crippen LogP contribution in [0, 0.1) is 5.92 Å². The van der Waals surface area contributed by atoms with E-state index in [9.17, 15) is 43.2 Å². The zero-order valence-corrected chi connectivity index (χ0v) is 71.4. The minimum absolute atomic E-state index is 0.109. The third-order valence-corrected chi connectivity index (χ3v) is 22.4. The lowest BCUT2D eigenvalue weighted by Crippen LogP contribution is -2.30. The van der Waals surface area contributed by atoms with E-state index in [1.165, 1.54) is 295 Å². The van der Waals surface area contributed by atoms with Crippen LogP contribution in [0.4, 0.5) is 0 Å². The Morgan fingerprint density at radius 3 is 0.642 bits per heavy atom. The molecule has 0 radical (unpaired) electrons. The van der Waals surface area contributed by atoms with E-state index in [1.807, 2.05) is 0 Å². The second-order valence-corrected chi connectivity index (χ2v) is 34.7. The lowest BCUT2D eigenvalue weighted by molar-refractivity contribution is -0.161. The molecule has 2 unspecified atom stereocenters. The summed E-state index contributed by atoms with van der Waals surface area (Å²) in [5.74, 6) is -1.29. The Bertz CT molecular complexity index is 2010. The first-order chi connectivity index (χ1) is 51.5. The summed E-state index contributed by atoms with van der Waals surface area (Å²) < 4.78 is 68.9. The fourth-order valence-electron chi connectivity index (χ4n) is 13.6. The first-order valence-corrected chi connectivity index (χ1v) is 48.1. The van der Waals surface area contributed by atoms with Crippen molar-refractivity contribution in [2.75, 3.05) is 39.6 Å².